The molecule has 29 heavy (non-hydrogen) atoms. The van der Waals surface area contributed by atoms with E-state index in [-0.39, 0.29) is 0 Å². The standard InChI is InChI=1S/C26H26N2S/c1-3-7-21-17-27(15-13-19(21)5-1)23-9-11-26-24(10-12-25(23)29-26)28-16-14-20-6-2-4-8-22(20)18-28/h1-8,13-18,23-26H,9-12H2/q+2. The van der Waals surface area contributed by atoms with Crippen LogP contribution in [0.2, 0.25) is 0 Å². The van der Waals surface area contributed by atoms with Crippen LogP contribution in [0.3, 0.4) is 0 Å². The van der Waals surface area contributed by atoms with Crippen molar-refractivity contribution >= 4 is 33.3 Å². The van der Waals surface area contributed by atoms with Crippen molar-refractivity contribution in [3.8, 4) is 0 Å². The van der Waals surface area contributed by atoms with Crippen LogP contribution in [0.4, 0.5) is 0 Å². The van der Waals surface area contributed by atoms with E-state index in [0.717, 1.165) is 10.5 Å². The number of pyridine rings is 2. The molecular weight excluding hydrogens is 372 g/mol. The maximum atomic E-state index is 2.50. The van der Waals surface area contributed by atoms with Gasteiger partial charge in [-0.15, -0.1) is 11.8 Å². The molecule has 0 spiro atoms. The molecule has 6 rings (SSSR count). The second kappa shape index (κ2) is 7.14. The monoisotopic (exact) mass is 398 g/mol. The van der Waals surface area contributed by atoms with Gasteiger partial charge in [0.1, 0.15) is 0 Å². The topological polar surface area (TPSA) is 7.76 Å². The summed E-state index contributed by atoms with van der Waals surface area (Å²) in [7, 11) is 0. The molecule has 0 amide bonds. The minimum atomic E-state index is 0.628. The Kier molecular flexibility index (Phi) is 4.30. The third-order valence-electron chi connectivity index (χ3n) is 6.89. The Morgan fingerprint density at radius 2 is 1.00 bits per heavy atom. The third-order valence-corrected chi connectivity index (χ3v) is 8.69. The highest BCUT2D eigenvalue weighted by atomic mass is 32.2. The summed E-state index contributed by atoms with van der Waals surface area (Å²) < 4.78 is 5.00. The van der Waals surface area contributed by atoms with E-state index in [1.165, 1.54) is 47.2 Å². The first kappa shape index (κ1) is 17.5. The van der Waals surface area contributed by atoms with Crippen molar-refractivity contribution in [1.82, 2.24) is 0 Å². The van der Waals surface area contributed by atoms with Crippen molar-refractivity contribution in [3.05, 3.63) is 85.5 Å². The summed E-state index contributed by atoms with van der Waals surface area (Å²) in [4.78, 5) is 0. The molecule has 4 aromatic rings. The minimum absolute atomic E-state index is 0.628. The van der Waals surface area contributed by atoms with Gasteiger partial charge >= 0.3 is 0 Å². The first-order valence-electron chi connectivity index (χ1n) is 10.8. The fraction of sp³-hybridized carbons (Fsp3) is 0.308. The van der Waals surface area contributed by atoms with Crippen LogP contribution in [0.15, 0.2) is 85.5 Å². The summed E-state index contributed by atoms with van der Waals surface area (Å²) in [6, 6.07) is 23.2. The lowest BCUT2D eigenvalue weighted by Gasteiger charge is -2.38. The molecule has 4 atom stereocenters. The molecule has 2 aromatic carbocycles. The normalized spacial score (nSPS) is 26.6. The largest absolute Gasteiger partial charge is 0.201 e. The fourth-order valence-corrected chi connectivity index (χ4v) is 7.27. The number of rotatable bonds is 2. The van der Waals surface area contributed by atoms with Crippen LogP contribution in [0.1, 0.15) is 37.8 Å². The Bertz CT molecular complexity index is 1090. The van der Waals surface area contributed by atoms with E-state index in [4.69, 9.17) is 0 Å². The molecule has 0 N–H and O–H groups in total. The van der Waals surface area contributed by atoms with Crippen LogP contribution < -0.4 is 9.13 Å². The number of hydrogen-bond donors (Lipinski definition) is 0. The summed E-state index contributed by atoms with van der Waals surface area (Å²) in [6.07, 6.45) is 14.5. The van der Waals surface area contributed by atoms with Gasteiger partial charge in [0.25, 0.3) is 0 Å². The van der Waals surface area contributed by atoms with Crippen molar-refractivity contribution in [2.24, 2.45) is 0 Å². The lowest BCUT2D eigenvalue weighted by atomic mass is 9.90. The van der Waals surface area contributed by atoms with E-state index in [9.17, 15) is 0 Å². The quantitative estimate of drug-likeness (QED) is 0.410. The molecule has 2 fully saturated rings. The average Bonchev–Trinajstić information content (AvgIpc) is 2.79. The molecule has 3 heteroatoms. The van der Waals surface area contributed by atoms with Gasteiger partial charge in [0, 0.05) is 35.7 Å². The summed E-state index contributed by atoms with van der Waals surface area (Å²) in [5.74, 6) is 0. The highest BCUT2D eigenvalue weighted by Gasteiger charge is 2.46. The zero-order chi connectivity index (χ0) is 19.2. The van der Waals surface area contributed by atoms with Crippen LogP contribution in [0.25, 0.3) is 21.5 Å². The highest BCUT2D eigenvalue weighted by Crippen LogP contribution is 2.47. The molecule has 4 heterocycles. The SMILES string of the molecule is c1ccc2c[n+](C3CCC4SC3CCC4[n+]3ccc4ccccc4c3)ccc2c1. The zero-order valence-corrected chi connectivity index (χ0v) is 17.3. The van der Waals surface area contributed by atoms with E-state index in [1.54, 1.807) is 0 Å². The number of fused-ring (bicyclic) bond motifs is 4. The molecule has 0 saturated carbocycles. The van der Waals surface area contributed by atoms with E-state index < -0.39 is 0 Å². The van der Waals surface area contributed by atoms with E-state index in [2.05, 4.69) is 106 Å². The Labute approximate surface area is 176 Å². The summed E-state index contributed by atoms with van der Waals surface area (Å²) in [6.45, 7) is 0. The lowest BCUT2D eigenvalue weighted by molar-refractivity contribution is -0.731. The van der Waals surface area contributed by atoms with Crippen LogP contribution in [-0.2, 0) is 0 Å². The van der Waals surface area contributed by atoms with Crippen LogP contribution >= 0.6 is 11.8 Å². The Morgan fingerprint density at radius 3 is 1.48 bits per heavy atom. The van der Waals surface area contributed by atoms with Gasteiger partial charge in [-0.1, -0.05) is 36.4 Å². The van der Waals surface area contributed by atoms with Crippen molar-refractivity contribution in [2.45, 2.75) is 48.3 Å². The number of thioether (sulfide) groups is 1. The van der Waals surface area contributed by atoms with Gasteiger partial charge in [-0.3, -0.25) is 0 Å². The number of aromatic nitrogens is 2. The number of nitrogens with zero attached hydrogens (tertiary/aromatic N) is 2. The number of hydrogen-bond acceptors (Lipinski definition) is 1. The van der Waals surface area contributed by atoms with Crippen LogP contribution in [0, 0.1) is 0 Å². The van der Waals surface area contributed by atoms with E-state index in [1.807, 2.05) is 0 Å². The fourth-order valence-electron chi connectivity index (χ4n) is 5.36. The highest BCUT2D eigenvalue weighted by molar-refractivity contribution is 8.00. The Balaban J connectivity index is 1.25. The van der Waals surface area contributed by atoms with Gasteiger partial charge in [-0.2, -0.15) is 0 Å². The van der Waals surface area contributed by atoms with Gasteiger partial charge in [-0.25, -0.2) is 9.13 Å². The summed E-state index contributed by atoms with van der Waals surface area (Å²) in [5.41, 5.74) is 0. The molecule has 2 saturated heterocycles. The van der Waals surface area contributed by atoms with Gasteiger partial charge in [0.15, 0.2) is 36.9 Å². The van der Waals surface area contributed by atoms with Crippen molar-refractivity contribution in [2.75, 3.05) is 0 Å². The second-order valence-electron chi connectivity index (χ2n) is 8.54. The molecule has 2 bridgehead atoms. The number of benzene rings is 2. The van der Waals surface area contributed by atoms with Crippen molar-refractivity contribution in [3.63, 3.8) is 0 Å². The molecule has 0 radical (unpaired) electrons. The van der Waals surface area contributed by atoms with Crippen LogP contribution in [-0.4, -0.2) is 10.5 Å². The van der Waals surface area contributed by atoms with Gasteiger partial charge in [0.2, 0.25) is 0 Å². The van der Waals surface area contributed by atoms with Crippen molar-refractivity contribution < 1.29 is 9.13 Å². The predicted octanol–water partition coefficient (Wildman–Crippen LogP) is 5.41. The Hall–Kier alpha value is -2.39. The summed E-state index contributed by atoms with van der Waals surface area (Å²) >= 11 is 2.25. The smallest absolute Gasteiger partial charge is 0.176 e. The molecule has 2 aromatic heterocycles. The zero-order valence-electron chi connectivity index (χ0n) is 16.5. The summed E-state index contributed by atoms with van der Waals surface area (Å²) in [5, 5.41) is 6.84. The van der Waals surface area contributed by atoms with E-state index >= 15 is 0 Å². The van der Waals surface area contributed by atoms with Gasteiger partial charge in [-0.05, 0) is 35.7 Å². The van der Waals surface area contributed by atoms with Gasteiger partial charge in [0.05, 0.1) is 10.5 Å². The molecule has 2 aliphatic rings. The van der Waals surface area contributed by atoms with E-state index in [0.29, 0.717) is 12.1 Å². The van der Waals surface area contributed by atoms with Gasteiger partial charge < -0.3 is 0 Å². The second-order valence-corrected chi connectivity index (χ2v) is 10.0. The Morgan fingerprint density at radius 1 is 0.552 bits per heavy atom. The molecule has 2 aliphatic heterocycles. The average molecular weight is 399 g/mol. The first-order valence-corrected chi connectivity index (χ1v) is 11.7. The molecule has 2 nitrogen and oxygen atoms in total. The molecule has 0 aliphatic carbocycles. The molecule has 4 unspecified atom stereocenters. The third kappa shape index (κ3) is 3.12. The van der Waals surface area contributed by atoms with Crippen molar-refractivity contribution in [1.29, 1.82) is 0 Å². The first-order chi connectivity index (χ1) is 14.3. The maximum Gasteiger partial charge on any atom is 0.176 e. The maximum absolute atomic E-state index is 2.50. The minimum Gasteiger partial charge on any atom is -0.201 e. The molecule has 144 valence electrons. The van der Waals surface area contributed by atoms with Crippen LogP contribution in [0.5, 0.6) is 0 Å². The predicted molar refractivity (Wildman–Crippen MR) is 120 cm³/mol. The lowest BCUT2D eigenvalue weighted by Crippen LogP contribution is -2.54. The molecular formula is C26H26N2S+2.